The third-order valence-electron chi connectivity index (χ3n) is 2.62. The van der Waals surface area contributed by atoms with Gasteiger partial charge >= 0.3 is 0 Å². The van der Waals surface area contributed by atoms with Crippen molar-refractivity contribution >= 4 is 11.4 Å². The fourth-order valence-corrected chi connectivity index (χ4v) is 1.91. The van der Waals surface area contributed by atoms with Gasteiger partial charge in [0.05, 0.1) is 10.5 Å². The second-order valence-electron chi connectivity index (χ2n) is 4.34. The molecule has 1 N–H and O–H groups in total. The molecule has 7 heteroatoms. The first-order valence-corrected chi connectivity index (χ1v) is 4.91. The number of nitro benzene ring substituents is 1. The maximum atomic E-state index is 13.5. The van der Waals surface area contributed by atoms with Crippen LogP contribution in [0.4, 0.5) is 20.2 Å². The summed E-state index contributed by atoms with van der Waals surface area (Å²) in [5, 5.41) is 20.2. The summed E-state index contributed by atoms with van der Waals surface area (Å²) < 4.78 is 26.6. The van der Waals surface area contributed by atoms with Crippen LogP contribution in [-0.2, 0) is 0 Å². The van der Waals surface area contributed by atoms with Gasteiger partial charge in [0.2, 0.25) is 0 Å². The van der Waals surface area contributed by atoms with Gasteiger partial charge in [-0.25, -0.2) is 8.78 Å². The van der Waals surface area contributed by atoms with Crippen LogP contribution >= 0.6 is 0 Å². The zero-order chi connectivity index (χ0) is 12.8. The van der Waals surface area contributed by atoms with Crippen LogP contribution in [0.3, 0.4) is 0 Å². The van der Waals surface area contributed by atoms with Gasteiger partial charge in [-0.1, -0.05) is 0 Å². The fourth-order valence-electron chi connectivity index (χ4n) is 1.91. The lowest BCUT2D eigenvalue weighted by molar-refractivity contribution is -0.384. The molecule has 1 fully saturated rings. The maximum absolute atomic E-state index is 13.5. The Hall–Kier alpha value is -1.76. The van der Waals surface area contributed by atoms with Crippen molar-refractivity contribution in [1.82, 2.24) is 0 Å². The van der Waals surface area contributed by atoms with E-state index >= 15 is 0 Å². The Kier molecular flexibility index (Phi) is 2.50. The van der Waals surface area contributed by atoms with Gasteiger partial charge in [0, 0.05) is 19.2 Å². The first-order chi connectivity index (χ1) is 7.82. The smallest absolute Gasteiger partial charge is 0.295 e. The molecular weight excluding hydrogens is 234 g/mol. The van der Waals surface area contributed by atoms with Gasteiger partial charge in [-0.05, 0) is 13.0 Å². The van der Waals surface area contributed by atoms with E-state index in [-0.39, 0.29) is 13.1 Å². The lowest BCUT2D eigenvalue weighted by atomic mass is 9.95. The molecular formula is C10H10F2N2O3. The Balaban J connectivity index is 2.44. The minimum atomic E-state index is -1.25. The number of nitrogens with zero attached hydrogens (tertiary/aromatic N) is 2. The highest BCUT2D eigenvalue weighted by molar-refractivity contribution is 5.66. The molecule has 0 amide bonds. The monoisotopic (exact) mass is 244 g/mol. The van der Waals surface area contributed by atoms with E-state index in [0.717, 1.165) is 12.1 Å². The molecule has 1 aromatic rings. The average Bonchev–Trinajstić information content (AvgIpc) is 2.18. The van der Waals surface area contributed by atoms with E-state index in [0.29, 0.717) is 0 Å². The number of rotatable bonds is 2. The average molecular weight is 244 g/mol. The maximum Gasteiger partial charge on any atom is 0.295 e. The highest BCUT2D eigenvalue weighted by atomic mass is 19.2. The molecule has 0 radical (unpaired) electrons. The van der Waals surface area contributed by atoms with Gasteiger partial charge < -0.3 is 10.0 Å². The van der Waals surface area contributed by atoms with Crippen LogP contribution in [0.5, 0.6) is 0 Å². The normalized spacial score (nSPS) is 17.8. The number of anilines is 1. The SMILES string of the molecule is CC1(O)CN(c2c([N+](=O)[O-])ccc(F)c2F)C1. The first-order valence-electron chi connectivity index (χ1n) is 4.91. The Labute approximate surface area is 95.4 Å². The van der Waals surface area contributed by atoms with Crippen molar-refractivity contribution in [2.45, 2.75) is 12.5 Å². The number of halogens is 2. The van der Waals surface area contributed by atoms with Crippen LogP contribution < -0.4 is 4.90 Å². The van der Waals surface area contributed by atoms with E-state index in [1.165, 1.54) is 11.8 Å². The van der Waals surface area contributed by atoms with Gasteiger partial charge in [0.15, 0.2) is 17.3 Å². The molecule has 1 aliphatic rings. The molecule has 5 nitrogen and oxygen atoms in total. The summed E-state index contributed by atoms with van der Waals surface area (Å²) in [4.78, 5) is 11.2. The van der Waals surface area contributed by atoms with Crippen molar-refractivity contribution in [3.63, 3.8) is 0 Å². The Morgan fingerprint density at radius 1 is 1.47 bits per heavy atom. The van der Waals surface area contributed by atoms with E-state index in [9.17, 15) is 24.0 Å². The minimum Gasteiger partial charge on any atom is -0.386 e. The number of aliphatic hydroxyl groups is 1. The molecule has 2 rings (SSSR count). The van der Waals surface area contributed by atoms with Crippen molar-refractivity contribution in [2.75, 3.05) is 18.0 Å². The van der Waals surface area contributed by atoms with E-state index in [1.807, 2.05) is 0 Å². The van der Waals surface area contributed by atoms with E-state index in [2.05, 4.69) is 0 Å². The molecule has 0 saturated carbocycles. The number of hydrogen-bond acceptors (Lipinski definition) is 4. The van der Waals surface area contributed by atoms with Crippen molar-refractivity contribution in [3.8, 4) is 0 Å². The number of nitro groups is 1. The molecule has 92 valence electrons. The molecule has 1 saturated heterocycles. The topological polar surface area (TPSA) is 66.6 Å². The Morgan fingerprint density at radius 3 is 2.53 bits per heavy atom. The number of hydrogen-bond donors (Lipinski definition) is 1. The fraction of sp³-hybridized carbons (Fsp3) is 0.400. The molecule has 17 heavy (non-hydrogen) atoms. The van der Waals surface area contributed by atoms with Crippen molar-refractivity contribution in [1.29, 1.82) is 0 Å². The van der Waals surface area contributed by atoms with Crippen molar-refractivity contribution in [2.24, 2.45) is 0 Å². The largest absolute Gasteiger partial charge is 0.386 e. The van der Waals surface area contributed by atoms with Gasteiger partial charge in [0.25, 0.3) is 5.69 Å². The summed E-state index contributed by atoms with van der Waals surface area (Å²) in [5.41, 5.74) is -1.92. The van der Waals surface area contributed by atoms with Crippen LogP contribution in [0.1, 0.15) is 6.92 Å². The zero-order valence-corrected chi connectivity index (χ0v) is 8.98. The summed E-state index contributed by atoms with van der Waals surface area (Å²) in [5.74, 6) is -2.40. The van der Waals surface area contributed by atoms with Crippen LogP contribution in [0.2, 0.25) is 0 Å². The lowest BCUT2D eigenvalue weighted by Crippen LogP contribution is -2.60. The van der Waals surface area contributed by atoms with Gasteiger partial charge in [-0.2, -0.15) is 0 Å². The molecule has 0 aliphatic carbocycles. The summed E-state index contributed by atoms with van der Waals surface area (Å²) in [7, 11) is 0. The Bertz CT molecular complexity index is 483. The molecule has 0 spiro atoms. The molecule has 0 bridgehead atoms. The van der Waals surface area contributed by atoms with Crippen molar-refractivity contribution < 1.29 is 18.8 Å². The summed E-state index contributed by atoms with van der Waals surface area (Å²) in [6.45, 7) is 1.59. The molecule has 1 heterocycles. The van der Waals surface area contributed by atoms with E-state index < -0.39 is 33.5 Å². The third-order valence-corrected chi connectivity index (χ3v) is 2.62. The summed E-state index contributed by atoms with van der Waals surface area (Å²) >= 11 is 0. The lowest BCUT2D eigenvalue weighted by Gasteiger charge is -2.45. The third kappa shape index (κ3) is 1.93. The highest BCUT2D eigenvalue weighted by Crippen LogP contribution is 2.37. The molecule has 1 aromatic carbocycles. The molecule has 0 aromatic heterocycles. The van der Waals surface area contributed by atoms with Crippen LogP contribution in [-0.4, -0.2) is 28.7 Å². The molecule has 1 aliphatic heterocycles. The molecule has 0 unspecified atom stereocenters. The van der Waals surface area contributed by atoms with Gasteiger partial charge in [-0.3, -0.25) is 10.1 Å². The number of benzene rings is 1. The zero-order valence-electron chi connectivity index (χ0n) is 8.98. The predicted octanol–water partition coefficient (Wildman–Crippen LogP) is 1.44. The quantitative estimate of drug-likeness (QED) is 0.631. The summed E-state index contributed by atoms with van der Waals surface area (Å²) in [6.07, 6.45) is 0. The number of β-amino-alcohol motifs (C(OH)–C–C–N with tert-alkyl or cyclic N) is 1. The first kappa shape index (κ1) is 11.7. The van der Waals surface area contributed by atoms with Crippen molar-refractivity contribution in [3.05, 3.63) is 33.9 Å². The van der Waals surface area contributed by atoms with Crippen LogP contribution in [0.15, 0.2) is 12.1 Å². The molecule has 0 atom stereocenters. The standard InChI is InChI=1S/C10H10F2N2O3/c1-10(15)4-13(5-10)9-7(14(16)17)3-2-6(11)8(9)12/h2-3,15H,4-5H2,1H3. The van der Waals surface area contributed by atoms with Gasteiger partial charge in [0.1, 0.15) is 0 Å². The predicted molar refractivity (Wildman–Crippen MR) is 55.8 cm³/mol. The minimum absolute atomic E-state index is 0.0359. The van der Waals surface area contributed by atoms with Crippen LogP contribution in [0.25, 0.3) is 0 Å². The Morgan fingerprint density at radius 2 is 2.06 bits per heavy atom. The second-order valence-corrected chi connectivity index (χ2v) is 4.34. The van der Waals surface area contributed by atoms with Crippen LogP contribution in [0, 0.1) is 21.7 Å². The summed E-state index contributed by atoms with van der Waals surface area (Å²) in [6, 6.07) is 1.63. The van der Waals surface area contributed by atoms with E-state index in [4.69, 9.17) is 0 Å². The van der Waals surface area contributed by atoms with E-state index in [1.54, 1.807) is 0 Å². The highest BCUT2D eigenvalue weighted by Gasteiger charge is 2.41. The van der Waals surface area contributed by atoms with Gasteiger partial charge in [-0.15, -0.1) is 0 Å². The second kappa shape index (κ2) is 3.63.